The maximum atomic E-state index is 11.7. The second-order valence-corrected chi connectivity index (χ2v) is 7.79. The highest BCUT2D eigenvalue weighted by Gasteiger charge is 2.42. The molecular weight excluding hydrogens is 398 g/mol. The minimum absolute atomic E-state index is 0.109. The molecule has 2 atom stereocenters. The molecule has 154 valence electrons. The van der Waals surface area contributed by atoms with Gasteiger partial charge in [-0.1, -0.05) is 18.2 Å². The minimum atomic E-state index is -0.363. The fraction of sp³-hybridized carbons (Fsp3) is 0.261. The average Bonchev–Trinajstić information content (AvgIpc) is 3.38. The standard InChI is InChI=1S/C23H23N3O3S/c1-14(2)26-21(20(25-23(26)30)17-6-4-5-13-24-17)19-12-11-18(29-19)15-7-9-16(10-8-15)22(27)28-3/h4-14,20-21H,1-3H3,(H,25,30)/t20-,21-/m1/s1. The number of nitrogens with one attached hydrogen (secondary N) is 1. The second kappa shape index (κ2) is 8.28. The van der Waals surface area contributed by atoms with Crippen LogP contribution in [0.1, 0.15) is 47.7 Å². The first-order chi connectivity index (χ1) is 14.5. The molecule has 3 aromatic rings. The van der Waals surface area contributed by atoms with Crippen molar-refractivity contribution in [1.29, 1.82) is 0 Å². The molecule has 0 unspecified atom stereocenters. The second-order valence-electron chi connectivity index (χ2n) is 7.40. The van der Waals surface area contributed by atoms with Crippen molar-refractivity contribution in [3.05, 3.63) is 77.8 Å². The summed E-state index contributed by atoms with van der Waals surface area (Å²) in [6.45, 7) is 4.22. The quantitative estimate of drug-likeness (QED) is 0.480. The summed E-state index contributed by atoms with van der Waals surface area (Å²) in [5.41, 5.74) is 2.29. The molecule has 0 bridgehead atoms. The van der Waals surface area contributed by atoms with Crippen molar-refractivity contribution in [2.24, 2.45) is 0 Å². The van der Waals surface area contributed by atoms with Gasteiger partial charge in [0.15, 0.2) is 5.11 Å². The normalized spacial score (nSPS) is 18.5. The third-order valence-electron chi connectivity index (χ3n) is 5.20. The van der Waals surface area contributed by atoms with E-state index in [0.717, 1.165) is 22.8 Å². The van der Waals surface area contributed by atoms with Crippen molar-refractivity contribution in [1.82, 2.24) is 15.2 Å². The number of ether oxygens (including phenoxy) is 1. The lowest BCUT2D eigenvalue weighted by molar-refractivity contribution is 0.0600. The number of esters is 1. The summed E-state index contributed by atoms with van der Waals surface area (Å²) < 4.78 is 11.0. The van der Waals surface area contributed by atoms with E-state index in [1.54, 1.807) is 18.3 Å². The number of hydrogen-bond acceptors (Lipinski definition) is 5. The largest absolute Gasteiger partial charge is 0.465 e. The third kappa shape index (κ3) is 3.68. The molecule has 7 heteroatoms. The molecule has 1 saturated heterocycles. The summed E-state index contributed by atoms with van der Waals surface area (Å²) in [6, 6.07) is 16.9. The topological polar surface area (TPSA) is 67.6 Å². The van der Waals surface area contributed by atoms with Crippen LogP contribution in [-0.2, 0) is 4.74 Å². The van der Waals surface area contributed by atoms with Crippen LogP contribution < -0.4 is 5.32 Å². The monoisotopic (exact) mass is 421 g/mol. The molecule has 1 aliphatic rings. The lowest BCUT2D eigenvalue weighted by Crippen LogP contribution is -2.35. The van der Waals surface area contributed by atoms with E-state index in [1.807, 2.05) is 42.5 Å². The highest BCUT2D eigenvalue weighted by atomic mass is 32.1. The molecule has 0 radical (unpaired) electrons. The summed E-state index contributed by atoms with van der Waals surface area (Å²) in [4.78, 5) is 18.3. The predicted octanol–water partition coefficient (Wildman–Crippen LogP) is 4.51. The van der Waals surface area contributed by atoms with Crippen LogP contribution in [0.5, 0.6) is 0 Å². The fourth-order valence-electron chi connectivity index (χ4n) is 3.78. The number of carbonyl (C=O) groups is 1. The van der Waals surface area contributed by atoms with E-state index >= 15 is 0 Å². The van der Waals surface area contributed by atoms with Crippen LogP contribution in [0.3, 0.4) is 0 Å². The van der Waals surface area contributed by atoms with Crippen LogP contribution in [0.2, 0.25) is 0 Å². The molecule has 1 aromatic carbocycles. The number of carbonyl (C=O) groups excluding carboxylic acids is 1. The molecule has 0 saturated carbocycles. The Bertz CT molecular complexity index is 1050. The van der Waals surface area contributed by atoms with Crippen LogP contribution in [0.15, 0.2) is 65.2 Å². The van der Waals surface area contributed by atoms with Crippen molar-refractivity contribution < 1.29 is 13.9 Å². The van der Waals surface area contributed by atoms with Crippen molar-refractivity contribution in [3.63, 3.8) is 0 Å². The molecule has 1 aliphatic heterocycles. The first kappa shape index (κ1) is 20.1. The Kier molecular flexibility index (Phi) is 5.55. The van der Waals surface area contributed by atoms with Crippen LogP contribution in [0, 0.1) is 0 Å². The Balaban J connectivity index is 1.68. The summed E-state index contributed by atoms with van der Waals surface area (Å²) >= 11 is 5.62. The lowest BCUT2D eigenvalue weighted by Gasteiger charge is -2.29. The van der Waals surface area contributed by atoms with Gasteiger partial charge in [0, 0.05) is 17.8 Å². The smallest absolute Gasteiger partial charge is 0.337 e. The number of nitrogens with zero attached hydrogens (tertiary/aromatic N) is 2. The van der Waals surface area contributed by atoms with Gasteiger partial charge in [0.2, 0.25) is 0 Å². The van der Waals surface area contributed by atoms with Crippen LogP contribution in [-0.4, -0.2) is 34.1 Å². The Morgan fingerprint density at radius 1 is 1.17 bits per heavy atom. The van der Waals surface area contributed by atoms with Gasteiger partial charge >= 0.3 is 5.97 Å². The molecule has 1 fully saturated rings. The molecule has 0 aliphatic carbocycles. The summed E-state index contributed by atoms with van der Waals surface area (Å²) in [7, 11) is 1.37. The predicted molar refractivity (Wildman–Crippen MR) is 118 cm³/mol. The highest BCUT2D eigenvalue weighted by molar-refractivity contribution is 7.80. The highest BCUT2D eigenvalue weighted by Crippen LogP contribution is 2.41. The zero-order valence-electron chi connectivity index (χ0n) is 17.0. The van der Waals surface area contributed by atoms with E-state index in [0.29, 0.717) is 10.7 Å². The Morgan fingerprint density at radius 2 is 1.93 bits per heavy atom. The Labute approximate surface area is 180 Å². The molecule has 0 spiro atoms. The number of rotatable bonds is 5. The SMILES string of the molecule is COC(=O)c1ccc(-c2ccc([C@@H]3[C@@H](c4ccccn4)NC(=S)N3C(C)C)o2)cc1. The van der Waals surface area contributed by atoms with Crippen molar-refractivity contribution >= 4 is 23.3 Å². The van der Waals surface area contributed by atoms with Crippen LogP contribution in [0.25, 0.3) is 11.3 Å². The summed E-state index contributed by atoms with van der Waals surface area (Å²) in [6.07, 6.45) is 1.78. The number of pyridine rings is 1. The van der Waals surface area contributed by atoms with Gasteiger partial charge in [-0.2, -0.15) is 0 Å². The van der Waals surface area contributed by atoms with Gasteiger partial charge in [-0.05, 0) is 62.5 Å². The molecule has 4 rings (SSSR count). The number of thiocarbonyl (C=S) groups is 1. The number of hydrogen-bond donors (Lipinski definition) is 1. The van der Waals surface area contributed by atoms with Crippen molar-refractivity contribution in [3.8, 4) is 11.3 Å². The first-order valence-electron chi connectivity index (χ1n) is 9.78. The molecule has 30 heavy (non-hydrogen) atoms. The van der Waals surface area contributed by atoms with Gasteiger partial charge in [0.1, 0.15) is 17.6 Å². The fourth-order valence-corrected chi connectivity index (χ4v) is 4.23. The van der Waals surface area contributed by atoms with E-state index in [2.05, 4.69) is 29.0 Å². The Morgan fingerprint density at radius 3 is 2.57 bits per heavy atom. The van der Waals surface area contributed by atoms with Crippen molar-refractivity contribution in [2.75, 3.05) is 7.11 Å². The molecule has 0 amide bonds. The van der Waals surface area contributed by atoms with Crippen molar-refractivity contribution in [2.45, 2.75) is 32.0 Å². The van der Waals surface area contributed by atoms with Gasteiger partial charge in [-0.25, -0.2) is 4.79 Å². The molecular formula is C23H23N3O3S. The molecule has 1 N–H and O–H groups in total. The van der Waals surface area contributed by atoms with E-state index in [-0.39, 0.29) is 24.1 Å². The molecule has 3 heterocycles. The Hall–Kier alpha value is -3.19. The van der Waals surface area contributed by atoms with E-state index in [1.165, 1.54) is 7.11 Å². The summed E-state index contributed by atoms with van der Waals surface area (Å²) in [5.74, 6) is 1.17. The van der Waals surface area contributed by atoms with Gasteiger partial charge in [-0.15, -0.1) is 0 Å². The number of methoxy groups -OCH3 is 1. The zero-order chi connectivity index (χ0) is 21.3. The van der Waals surface area contributed by atoms with Crippen LogP contribution in [0.4, 0.5) is 0 Å². The van der Waals surface area contributed by atoms with E-state index < -0.39 is 0 Å². The zero-order valence-corrected chi connectivity index (χ0v) is 17.8. The number of benzene rings is 1. The van der Waals surface area contributed by atoms with Gasteiger partial charge in [-0.3, -0.25) is 4.98 Å². The number of furan rings is 1. The molecule has 6 nitrogen and oxygen atoms in total. The maximum Gasteiger partial charge on any atom is 0.337 e. The number of aromatic nitrogens is 1. The van der Waals surface area contributed by atoms with Gasteiger partial charge in [0.05, 0.1) is 24.4 Å². The summed E-state index contributed by atoms with van der Waals surface area (Å²) in [5, 5.41) is 4.10. The first-order valence-corrected chi connectivity index (χ1v) is 10.2. The van der Waals surface area contributed by atoms with Gasteiger partial charge in [0.25, 0.3) is 0 Å². The molecule has 2 aromatic heterocycles. The van der Waals surface area contributed by atoms with E-state index in [9.17, 15) is 4.79 Å². The van der Waals surface area contributed by atoms with E-state index in [4.69, 9.17) is 21.4 Å². The maximum absolute atomic E-state index is 11.7. The van der Waals surface area contributed by atoms with Gasteiger partial charge < -0.3 is 19.4 Å². The third-order valence-corrected chi connectivity index (χ3v) is 5.53. The van der Waals surface area contributed by atoms with Crippen LogP contribution >= 0.6 is 12.2 Å². The average molecular weight is 422 g/mol. The lowest BCUT2D eigenvalue weighted by atomic mass is 10.0. The minimum Gasteiger partial charge on any atom is -0.465 e.